The van der Waals surface area contributed by atoms with Crippen molar-refractivity contribution < 1.29 is 9.18 Å². The molecule has 2 aromatic rings. The number of hydrazine groups is 1. The van der Waals surface area contributed by atoms with Crippen LogP contribution in [0.5, 0.6) is 0 Å². The zero-order chi connectivity index (χ0) is 13.8. The van der Waals surface area contributed by atoms with E-state index in [4.69, 9.17) is 5.84 Å². The molecule has 1 heterocycles. The third-order valence-electron chi connectivity index (χ3n) is 2.57. The summed E-state index contributed by atoms with van der Waals surface area (Å²) in [5, 5.41) is 2.67. The topological polar surface area (TPSA) is 80.0 Å². The Kier molecular flexibility index (Phi) is 3.72. The SMILES string of the molecule is Cc1cc(F)ccc1NC(=O)c1cccc(NN)n1. The van der Waals surface area contributed by atoms with E-state index in [1.807, 2.05) is 0 Å². The van der Waals surface area contributed by atoms with E-state index < -0.39 is 0 Å². The van der Waals surface area contributed by atoms with Crippen molar-refractivity contribution in [3.05, 3.63) is 53.5 Å². The molecule has 0 aliphatic rings. The largest absolute Gasteiger partial charge is 0.320 e. The van der Waals surface area contributed by atoms with E-state index in [1.165, 1.54) is 18.2 Å². The normalized spacial score (nSPS) is 10.1. The van der Waals surface area contributed by atoms with Crippen LogP contribution in [0.3, 0.4) is 0 Å². The van der Waals surface area contributed by atoms with Crippen LogP contribution in [0.4, 0.5) is 15.9 Å². The monoisotopic (exact) mass is 260 g/mol. The van der Waals surface area contributed by atoms with E-state index in [0.29, 0.717) is 17.1 Å². The van der Waals surface area contributed by atoms with Crippen LogP contribution in [0.1, 0.15) is 16.1 Å². The van der Waals surface area contributed by atoms with Crippen LogP contribution < -0.4 is 16.6 Å². The van der Waals surface area contributed by atoms with Crippen LogP contribution in [0, 0.1) is 12.7 Å². The van der Waals surface area contributed by atoms with Crippen molar-refractivity contribution in [1.82, 2.24) is 4.98 Å². The summed E-state index contributed by atoms with van der Waals surface area (Å²) in [5.74, 6) is 4.89. The molecule has 6 heteroatoms. The van der Waals surface area contributed by atoms with Gasteiger partial charge in [0.05, 0.1) is 0 Å². The highest BCUT2D eigenvalue weighted by Crippen LogP contribution is 2.16. The van der Waals surface area contributed by atoms with Crippen molar-refractivity contribution in [2.45, 2.75) is 6.92 Å². The molecule has 0 unspecified atom stereocenters. The first-order chi connectivity index (χ1) is 9.10. The summed E-state index contributed by atoms with van der Waals surface area (Å²) in [5.41, 5.74) is 3.77. The van der Waals surface area contributed by atoms with Gasteiger partial charge in [0.2, 0.25) is 0 Å². The van der Waals surface area contributed by atoms with Crippen molar-refractivity contribution in [3.8, 4) is 0 Å². The molecule has 1 amide bonds. The van der Waals surface area contributed by atoms with Gasteiger partial charge in [-0.2, -0.15) is 0 Å². The summed E-state index contributed by atoms with van der Waals surface area (Å²) in [7, 11) is 0. The number of aromatic nitrogens is 1. The van der Waals surface area contributed by atoms with Gasteiger partial charge in [-0.25, -0.2) is 15.2 Å². The van der Waals surface area contributed by atoms with E-state index in [-0.39, 0.29) is 17.4 Å². The second kappa shape index (κ2) is 5.45. The van der Waals surface area contributed by atoms with Gasteiger partial charge in [0.1, 0.15) is 17.3 Å². The molecule has 1 aromatic heterocycles. The number of carbonyl (C=O) groups excluding carboxylic acids is 1. The molecule has 4 N–H and O–H groups in total. The van der Waals surface area contributed by atoms with E-state index in [1.54, 1.807) is 25.1 Å². The fourth-order valence-corrected chi connectivity index (χ4v) is 1.60. The van der Waals surface area contributed by atoms with Gasteiger partial charge >= 0.3 is 0 Å². The molecule has 0 aliphatic heterocycles. The zero-order valence-corrected chi connectivity index (χ0v) is 10.3. The lowest BCUT2D eigenvalue weighted by atomic mass is 10.2. The number of amides is 1. The molecule has 5 nitrogen and oxygen atoms in total. The Morgan fingerprint density at radius 1 is 1.32 bits per heavy atom. The maximum absolute atomic E-state index is 13.0. The van der Waals surface area contributed by atoms with Crippen LogP contribution in [0.15, 0.2) is 36.4 Å². The number of hydrogen-bond acceptors (Lipinski definition) is 4. The molecule has 0 radical (unpaired) electrons. The van der Waals surface area contributed by atoms with Crippen molar-refractivity contribution in [2.75, 3.05) is 10.7 Å². The molecule has 0 fully saturated rings. The summed E-state index contributed by atoms with van der Waals surface area (Å²) in [6.07, 6.45) is 0. The van der Waals surface area contributed by atoms with Crippen molar-refractivity contribution in [3.63, 3.8) is 0 Å². The Bertz CT molecular complexity index is 615. The number of anilines is 2. The standard InChI is InChI=1S/C13H13FN4O/c1-8-7-9(14)5-6-10(8)17-13(19)11-3-2-4-12(16-11)18-15/h2-7H,15H2,1H3,(H,16,18)(H,17,19). The number of hydrogen-bond donors (Lipinski definition) is 3. The number of halogens is 1. The summed E-state index contributed by atoms with van der Waals surface area (Å²) >= 11 is 0. The molecule has 1 aromatic carbocycles. The number of carbonyl (C=O) groups is 1. The number of nitrogens with two attached hydrogens (primary N) is 1. The first-order valence-electron chi connectivity index (χ1n) is 5.61. The molecule has 0 atom stereocenters. The predicted molar refractivity (Wildman–Crippen MR) is 71.1 cm³/mol. The van der Waals surface area contributed by atoms with Gasteiger partial charge in [-0.05, 0) is 42.8 Å². The second-order valence-corrected chi connectivity index (χ2v) is 3.97. The maximum atomic E-state index is 13.0. The van der Waals surface area contributed by atoms with Crippen LogP contribution in [-0.2, 0) is 0 Å². The Morgan fingerprint density at radius 3 is 2.79 bits per heavy atom. The Labute approximate surface area is 109 Å². The number of aryl methyl sites for hydroxylation is 1. The summed E-state index contributed by atoms with van der Waals surface area (Å²) in [4.78, 5) is 16.0. The molecular weight excluding hydrogens is 247 g/mol. The lowest BCUT2D eigenvalue weighted by Gasteiger charge is -2.08. The minimum atomic E-state index is -0.383. The summed E-state index contributed by atoms with van der Waals surface area (Å²) in [6.45, 7) is 1.71. The highest BCUT2D eigenvalue weighted by atomic mass is 19.1. The first-order valence-corrected chi connectivity index (χ1v) is 5.61. The number of rotatable bonds is 3. The van der Waals surface area contributed by atoms with Crippen molar-refractivity contribution >= 4 is 17.4 Å². The summed E-state index contributed by atoms with van der Waals surface area (Å²) in [6, 6.07) is 9.01. The molecule has 0 aliphatic carbocycles. The van der Waals surface area contributed by atoms with Gasteiger partial charge in [-0.15, -0.1) is 0 Å². The van der Waals surface area contributed by atoms with Crippen LogP contribution in [-0.4, -0.2) is 10.9 Å². The quantitative estimate of drug-likeness (QED) is 0.583. The number of nitrogen functional groups attached to an aromatic ring is 1. The van der Waals surface area contributed by atoms with Crippen molar-refractivity contribution in [2.24, 2.45) is 5.84 Å². The van der Waals surface area contributed by atoms with Crippen LogP contribution >= 0.6 is 0 Å². The molecule has 0 saturated carbocycles. The molecule has 2 rings (SSSR count). The van der Waals surface area contributed by atoms with Gasteiger partial charge in [-0.3, -0.25) is 4.79 Å². The third-order valence-corrected chi connectivity index (χ3v) is 2.57. The third kappa shape index (κ3) is 3.05. The number of pyridine rings is 1. The average molecular weight is 260 g/mol. The smallest absolute Gasteiger partial charge is 0.274 e. The number of nitrogens with one attached hydrogen (secondary N) is 2. The van der Waals surface area contributed by atoms with Gasteiger partial charge in [0.25, 0.3) is 5.91 Å². The minimum Gasteiger partial charge on any atom is -0.320 e. The van der Waals surface area contributed by atoms with E-state index >= 15 is 0 Å². The molecule has 98 valence electrons. The Balaban J connectivity index is 2.20. The molecule has 0 saturated heterocycles. The van der Waals surface area contributed by atoms with Crippen LogP contribution in [0.2, 0.25) is 0 Å². The van der Waals surface area contributed by atoms with Gasteiger partial charge in [0.15, 0.2) is 0 Å². The zero-order valence-electron chi connectivity index (χ0n) is 10.3. The second-order valence-electron chi connectivity index (χ2n) is 3.97. The molecular formula is C13H13FN4O. The molecule has 0 bridgehead atoms. The minimum absolute atomic E-state index is 0.221. The Hall–Kier alpha value is -2.47. The van der Waals surface area contributed by atoms with Crippen molar-refractivity contribution in [1.29, 1.82) is 0 Å². The molecule has 0 spiro atoms. The summed E-state index contributed by atoms with van der Waals surface area (Å²) < 4.78 is 13.0. The highest BCUT2D eigenvalue weighted by Gasteiger charge is 2.10. The van der Waals surface area contributed by atoms with Gasteiger partial charge in [0, 0.05) is 5.69 Å². The van der Waals surface area contributed by atoms with Gasteiger partial charge < -0.3 is 10.7 Å². The van der Waals surface area contributed by atoms with E-state index in [9.17, 15) is 9.18 Å². The van der Waals surface area contributed by atoms with E-state index in [2.05, 4.69) is 15.7 Å². The number of nitrogens with zero attached hydrogens (tertiary/aromatic N) is 1. The van der Waals surface area contributed by atoms with Crippen LogP contribution in [0.25, 0.3) is 0 Å². The fraction of sp³-hybridized carbons (Fsp3) is 0.0769. The van der Waals surface area contributed by atoms with Gasteiger partial charge in [-0.1, -0.05) is 6.07 Å². The fourth-order valence-electron chi connectivity index (χ4n) is 1.60. The number of benzene rings is 1. The Morgan fingerprint density at radius 2 is 2.11 bits per heavy atom. The lowest BCUT2D eigenvalue weighted by molar-refractivity contribution is 0.102. The van der Waals surface area contributed by atoms with E-state index in [0.717, 1.165) is 0 Å². The average Bonchev–Trinajstić information content (AvgIpc) is 2.42. The highest BCUT2D eigenvalue weighted by molar-refractivity contribution is 6.03. The maximum Gasteiger partial charge on any atom is 0.274 e. The molecule has 19 heavy (non-hydrogen) atoms. The first kappa shape index (κ1) is 13.0. The lowest BCUT2D eigenvalue weighted by Crippen LogP contribution is -2.16. The predicted octanol–water partition coefficient (Wildman–Crippen LogP) is 2.07.